The van der Waals surface area contributed by atoms with Gasteiger partial charge in [0.05, 0.1) is 12.6 Å². The van der Waals surface area contributed by atoms with Gasteiger partial charge in [-0.1, -0.05) is 15.9 Å². The van der Waals surface area contributed by atoms with Gasteiger partial charge < -0.3 is 20.4 Å². The molecule has 26 heavy (non-hydrogen) atoms. The smallest absolute Gasteiger partial charge is 0.170 e. The van der Waals surface area contributed by atoms with Crippen LogP contribution in [0.15, 0.2) is 40.9 Å². The van der Waals surface area contributed by atoms with Crippen molar-refractivity contribution in [3.8, 4) is 5.75 Å². The lowest BCUT2D eigenvalue weighted by atomic mass is 10.1. The number of aryl methyl sites for hydroxylation is 1. The summed E-state index contributed by atoms with van der Waals surface area (Å²) in [6, 6.07) is 10.9. The molecule has 2 aromatic carbocycles. The summed E-state index contributed by atoms with van der Waals surface area (Å²) in [7, 11) is 1.63. The van der Waals surface area contributed by atoms with Crippen LogP contribution in [0, 0.1) is 12.7 Å². The van der Waals surface area contributed by atoms with Gasteiger partial charge in [0.2, 0.25) is 0 Å². The third-order valence-corrected chi connectivity index (χ3v) is 4.86. The van der Waals surface area contributed by atoms with E-state index >= 15 is 0 Å². The molecule has 3 rings (SSSR count). The average Bonchev–Trinajstić information content (AvgIpc) is 2.92. The maximum absolute atomic E-state index is 14.1. The van der Waals surface area contributed by atoms with E-state index in [9.17, 15) is 4.39 Å². The molecule has 3 N–H and O–H groups in total. The highest BCUT2D eigenvalue weighted by Gasteiger charge is 2.12. The molecule has 0 aliphatic heterocycles. The van der Waals surface area contributed by atoms with E-state index in [4.69, 9.17) is 17.0 Å². The molecule has 7 heteroatoms. The number of benzene rings is 2. The number of hydrogen-bond donors (Lipinski definition) is 3. The molecule has 0 bridgehead atoms. The van der Waals surface area contributed by atoms with E-state index in [0.29, 0.717) is 17.2 Å². The first-order chi connectivity index (χ1) is 12.5. The third kappa shape index (κ3) is 4.16. The van der Waals surface area contributed by atoms with Gasteiger partial charge in [-0.05, 0) is 67.5 Å². The van der Waals surface area contributed by atoms with E-state index in [-0.39, 0.29) is 5.82 Å². The third-order valence-electron chi connectivity index (χ3n) is 4.15. The van der Waals surface area contributed by atoms with E-state index in [1.54, 1.807) is 7.11 Å². The second kappa shape index (κ2) is 8.05. The van der Waals surface area contributed by atoms with Crippen LogP contribution in [0.25, 0.3) is 10.9 Å². The second-order valence-corrected chi connectivity index (χ2v) is 7.22. The van der Waals surface area contributed by atoms with E-state index in [1.807, 2.05) is 37.3 Å². The molecule has 1 heterocycles. The summed E-state index contributed by atoms with van der Waals surface area (Å²) >= 11 is 8.69. The van der Waals surface area contributed by atoms with E-state index in [1.165, 1.54) is 6.07 Å². The zero-order valence-corrected chi connectivity index (χ0v) is 16.9. The number of H-pyrrole nitrogens is 1. The largest absolute Gasteiger partial charge is 0.497 e. The van der Waals surface area contributed by atoms with E-state index < -0.39 is 0 Å². The van der Waals surface area contributed by atoms with Crippen LogP contribution in [0.4, 0.5) is 10.1 Å². The molecular weight excluding hydrogens is 417 g/mol. The van der Waals surface area contributed by atoms with E-state index in [0.717, 1.165) is 39.0 Å². The fraction of sp³-hybridized carbons (Fsp3) is 0.211. The molecule has 4 nitrogen and oxygen atoms in total. The summed E-state index contributed by atoms with van der Waals surface area (Å²) < 4.78 is 19.9. The van der Waals surface area contributed by atoms with Crippen molar-refractivity contribution in [3.63, 3.8) is 0 Å². The lowest BCUT2D eigenvalue weighted by molar-refractivity contribution is 0.415. The van der Waals surface area contributed by atoms with Crippen LogP contribution >= 0.6 is 28.1 Å². The Morgan fingerprint density at radius 2 is 2.00 bits per heavy atom. The fourth-order valence-corrected chi connectivity index (χ4v) is 3.53. The molecule has 3 aromatic rings. The van der Waals surface area contributed by atoms with Gasteiger partial charge >= 0.3 is 0 Å². The summed E-state index contributed by atoms with van der Waals surface area (Å²) in [4.78, 5) is 3.13. The van der Waals surface area contributed by atoms with Crippen molar-refractivity contribution in [2.24, 2.45) is 0 Å². The predicted octanol–water partition coefficient (Wildman–Crippen LogP) is 4.92. The molecule has 0 spiro atoms. The SMILES string of the molecule is COc1ccc(NC(=S)NCCc2c(C)[nH]c3c(F)cc(Br)cc23)cc1. The van der Waals surface area contributed by atoms with Crippen molar-refractivity contribution in [2.45, 2.75) is 13.3 Å². The van der Waals surface area contributed by atoms with Crippen LogP contribution < -0.4 is 15.4 Å². The minimum atomic E-state index is -0.256. The Bertz CT molecular complexity index is 940. The molecule has 0 saturated carbocycles. The van der Waals surface area contributed by atoms with Crippen molar-refractivity contribution < 1.29 is 9.13 Å². The molecule has 0 unspecified atom stereocenters. The van der Waals surface area contributed by atoms with Gasteiger partial charge in [0.1, 0.15) is 11.6 Å². The molecular formula is C19H19BrFN3OS. The molecule has 0 fully saturated rings. The zero-order valence-electron chi connectivity index (χ0n) is 14.5. The Morgan fingerprint density at radius 1 is 1.27 bits per heavy atom. The van der Waals surface area contributed by atoms with Crippen molar-refractivity contribution >= 4 is 49.9 Å². The number of halogens is 2. The first-order valence-electron chi connectivity index (χ1n) is 8.13. The molecule has 0 atom stereocenters. The Balaban J connectivity index is 1.61. The topological polar surface area (TPSA) is 49.1 Å². The number of ether oxygens (including phenoxy) is 1. The number of aromatic amines is 1. The number of rotatable bonds is 5. The summed E-state index contributed by atoms with van der Waals surface area (Å²) in [6.07, 6.45) is 0.728. The minimum absolute atomic E-state index is 0.256. The van der Waals surface area contributed by atoms with Crippen molar-refractivity contribution in [2.75, 3.05) is 19.0 Å². The normalized spacial score (nSPS) is 10.8. The predicted molar refractivity (Wildman–Crippen MR) is 112 cm³/mol. The second-order valence-electron chi connectivity index (χ2n) is 5.90. The van der Waals surface area contributed by atoms with Crippen LogP contribution in [0.5, 0.6) is 5.75 Å². The van der Waals surface area contributed by atoms with Crippen LogP contribution in [0.1, 0.15) is 11.3 Å². The lowest BCUT2D eigenvalue weighted by Crippen LogP contribution is -2.30. The molecule has 0 saturated heterocycles. The molecule has 136 valence electrons. The maximum Gasteiger partial charge on any atom is 0.170 e. The van der Waals surface area contributed by atoms with Crippen molar-refractivity contribution in [3.05, 3.63) is 57.9 Å². The van der Waals surface area contributed by atoms with Gasteiger partial charge in [0, 0.05) is 27.8 Å². The van der Waals surface area contributed by atoms with Crippen LogP contribution in [0.2, 0.25) is 0 Å². The first-order valence-corrected chi connectivity index (χ1v) is 9.33. The number of thiocarbonyl (C=S) groups is 1. The maximum atomic E-state index is 14.1. The van der Waals surface area contributed by atoms with Gasteiger partial charge in [0.25, 0.3) is 0 Å². The van der Waals surface area contributed by atoms with Crippen molar-refractivity contribution in [1.82, 2.24) is 10.3 Å². The summed E-state index contributed by atoms with van der Waals surface area (Å²) in [5, 5.41) is 7.76. The summed E-state index contributed by atoms with van der Waals surface area (Å²) in [5.74, 6) is 0.538. The van der Waals surface area contributed by atoms with Gasteiger partial charge in [-0.3, -0.25) is 0 Å². The molecule has 1 aromatic heterocycles. The Morgan fingerprint density at radius 3 is 2.69 bits per heavy atom. The highest BCUT2D eigenvalue weighted by atomic mass is 79.9. The zero-order chi connectivity index (χ0) is 18.7. The number of fused-ring (bicyclic) bond motifs is 1. The fourth-order valence-electron chi connectivity index (χ4n) is 2.88. The monoisotopic (exact) mass is 435 g/mol. The molecule has 0 aliphatic carbocycles. The summed E-state index contributed by atoms with van der Waals surface area (Å²) in [5.41, 5.74) is 3.48. The average molecular weight is 436 g/mol. The lowest BCUT2D eigenvalue weighted by Gasteiger charge is -2.11. The van der Waals surface area contributed by atoms with Gasteiger partial charge in [0.15, 0.2) is 5.11 Å². The molecule has 0 aliphatic rings. The van der Waals surface area contributed by atoms with Gasteiger partial charge in [-0.15, -0.1) is 0 Å². The highest BCUT2D eigenvalue weighted by Crippen LogP contribution is 2.28. The van der Waals surface area contributed by atoms with Crippen LogP contribution in [0.3, 0.4) is 0 Å². The number of anilines is 1. The van der Waals surface area contributed by atoms with Gasteiger partial charge in [-0.2, -0.15) is 0 Å². The van der Waals surface area contributed by atoms with E-state index in [2.05, 4.69) is 31.5 Å². The number of aromatic nitrogens is 1. The number of hydrogen-bond acceptors (Lipinski definition) is 2. The van der Waals surface area contributed by atoms with Gasteiger partial charge in [-0.25, -0.2) is 4.39 Å². The number of nitrogens with one attached hydrogen (secondary N) is 3. The Hall–Kier alpha value is -2.12. The quantitative estimate of drug-likeness (QED) is 0.498. The minimum Gasteiger partial charge on any atom is -0.497 e. The Labute approximate surface area is 165 Å². The molecule has 0 amide bonds. The first kappa shape index (κ1) is 18.7. The number of methoxy groups -OCH3 is 1. The highest BCUT2D eigenvalue weighted by molar-refractivity contribution is 9.10. The molecule has 0 radical (unpaired) electrons. The van der Waals surface area contributed by atoms with Crippen LogP contribution in [-0.2, 0) is 6.42 Å². The van der Waals surface area contributed by atoms with Crippen molar-refractivity contribution in [1.29, 1.82) is 0 Å². The Kier molecular flexibility index (Phi) is 5.78. The van der Waals surface area contributed by atoms with Crippen LogP contribution in [-0.4, -0.2) is 23.8 Å². The standard InChI is InChI=1S/C19H19BrFN3OS/c1-11-15(16-9-12(20)10-17(21)18(16)23-11)7-8-22-19(26)24-13-3-5-14(25-2)6-4-13/h3-6,9-10,23H,7-8H2,1-2H3,(H2,22,24,26). The summed E-state index contributed by atoms with van der Waals surface area (Å²) in [6.45, 7) is 2.60.